The maximum absolute atomic E-state index is 11.7. The molecule has 2 nitrogen and oxygen atoms in total. The fourth-order valence-corrected chi connectivity index (χ4v) is 0.763. The predicted octanol–water partition coefficient (Wildman–Crippen LogP) is 2.34. The zero-order valence-corrected chi connectivity index (χ0v) is 6.97. The third-order valence-corrected chi connectivity index (χ3v) is 1.25. The molecule has 5 heteroatoms. The number of ether oxygens (including phenoxy) is 1. The second kappa shape index (κ2) is 4.13. The Balaban J connectivity index is 2.50. The molecule has 0 saturated carbocycles. The van der Waals surface area contributed by atoms with E-state index in [1.54, 1.807) is 6.07 Å². The maximum Gasteiger partial charge on any atom is 0.399 e. The summed E-state index contributed by atoms with van der Waals surface area (Å²) in [6.45, 7) is 0. The van der Waals surface area contributed by atoms with Crippen LogP contribution >= 0.6 is 0 Å². The zero-order chi connectivity index (χ0) is 10.6. The molecule has 0 aromatic heterocycles. The molecule has 1 radical (unpaired) electrons. The molecular formula is C9H6F3O2. The molecule has 1 aromatic rings. The van der Waals surface area contributed by atoms with E-state index in [1.165, 1.54) is 18.2 Å². The number of alkyl halides is 3. The summed E-state index contributed by atoms with van der Waals surface area (Å²) in [7, 11) is 0. The number of para-hydroxylation sites is 1. The van der Waals surface area contributed by atoms with Gasteiger partial charge in [-0.2, -0.15) is 13.2 Å². The van der Waals surface area contributed by atoms with Crippen LogP contribution in [0, 0.1) is 6.07 Å². The van der Waals surface area contributed by atoms with Gasteiger partial charge >= 0.3 is 12.1 Å². The van der Waals surface area contributed by atoms with Gasteiger partial charge in [0, 0.05) is 6.07 Å². The highest BCUT2D eigenvalue weighted by molar-refractivity contribution is 5.72. The summed E-state index contributed by atoms with van der Waals surface area (Å²) in [5, 5.41) is 0. The van der Waals surface area contributed by atoms with Crippen molar-refractivity contribution in [3.8, 4) is 5.75 Å². The van der Waals surface area contributed by atoms with Crippen molar-refractivity contribution in [2.24, 2.45) is 0 Å². The Morgan fingerprint density at radius 3 is 2.64 bits per heavy atom. The number of carbonyl (C=O) groups is 1. The van der Waals surface area contributed by atoms with Gasteiger partial charge in [-0.15, -0.1) is 0 Å². The van der Waals surface area contributed by atoms with Crippen molar-refractivity contribution in [2.45, 2.75) is 12.6 Å². The van der Waals surface area contributed by atoms with E-state index in [1.807, 2.05) is 0 Å². The topological polar surface area (TPSA) is 26.3 Å². The minimum absolute atomic E-state index is 0.0123. The van der Waals surface area contributed by atoms with E-state index < -0.39 is 18.6 Å². The lowest BCUT2D eigenvalue weighted by Crippen LogP contribution is -2.19. The first-order chi connectivity index (χ1) is 6.47. The third-order valence-electron chi connectivity index (χ3n) is 1.25. The Kier molecular flexibility index (Phi) is 3.11. The summed E-state index contributed by atoms with van der Waals surface area (Å²) in [6.07, 6.45) is -6.12. The summed E-state index contributed by atoms with van der Waals surface area (Å²) in [4.78, 5) is 10.7. The largest absolute Gasteiger partial charge is 0.426 e. The normalized spacial score (nSPS) is 11.1. The minimum atomic E-state index is -4.54. The molecule has 0 N–H and O–H groups in total. The van der Waals surface area contributed by atoms with E-state index in [4.69, 9.17) is 0 Å². The van der Waals surface area contributed by atoms with Gasteiger partial charge in [0.1, 0.15) is 12.2 Å². The molecule has 1 rings (SSSR count). The van der Waals surface area contributed by atoms with Crippen molar-refractivity contribution in [2.75, 3.05) is 0 Å². The fourth-order valence-electron chi connectivity index (χ4n) is 0.763. The van der Waals surface area contributed by atoms with E-state index in [0.717, 1.165) is 0 Å². The number of halogens is 3. The van der Waals surface area contributed by atoms with Crippen LogP contribution in [-0.2, 0) is 4.79 Å². The lowest BCUT2D eigenvalue weighted by molar-refractivity contribution is -0.164. The van der Waals surface area contributed by atoms with Crippen LogP contribution in [0.3, 0.4) is 0 Å². The number of rotatable bonds is 2. The molecular weight excluding hydrogens is 197 g/mol. The first-order valence-corrected chi connectivity index (χ1v) is 3.71. The molecule has 75 valence electrons. The van der Waals surface area contributed by atoms with Gasteiger partial charge in [0.2, 0.25) is 0 Å². The van der Waals surface area contributed by atoms with Crippen molar-refractivity contribution < 1.29 is 22.7 Å². The Morgan fingerprint density at radius 1 is 1.43 bits per heavy atom. The molecule has 0 aliphatic heterocycles. The Bertz CT molecular complexity index is 306. The summed E-state index contributed by atoms with van der Waals surface area (Å²) < 4.78 is 39.5. The molecule has 0 spiro atoms. The van der Waals surface area contributed by atoms with Crippen molar-refractivity contribution in [1.29, 1.82) is 0 Å². The first-order valence-electron chi connectivity index (χ1n) is 3.71. The van der Waals surface area contributed by atoms with Crippen LogP contribution in [0.2, 0.25) is 0 Å². The van der Waals surface area contributed by atoms with Gasteiger partial charge in [0.05, 0.1) is 0 Å². The Hall–Kier alpha value is -1.52. The number of carbonyl (C=O) groups excluding carboxylic acids is 1. The number of benzene rings is 1. The van der Waals surface area contributed by atoms with Crippen LogP contribution < -0.4 is 4.74 Å². The van der Waals surface area contributed by atoms with Gasteiger partial charge in [0.25, 0.3) is 0 Å². The van der Waals surface area contributed by atoms with Crippen LogP contribution in [0.4, 0.5) is 13.2 Å². The number of hydrogen-bond acceptors (Lipinski definition) is 2. The molecule has 0 unspecified atom stereocenters. The monoisotopic (exact) mass is 203 g/mol. The average Bonchev–Trinajstić information content (AvgIpc) is 2.02. The van der Waals surface area contributed by atoms with E-state index in [0.29, 0.717) is 0 Å². The molecule has 0 heterocycles. The first kappa shape index (κ1) is 10.6. The van der Waals surface area contributed by atoms with Crippen LogP contribution in [0.1, 0.15) is 6.42 Å². The molecule has 0 fully saturated rings. The Morgan fingerprint density at radius 2 is 2.14 bits per heavy atom. The molecule has 0 aliphatic carbocycles. The SMILES string of the molecule is O=C(CC(F)(F)F)Oc1[c]cccc1. The van der Waals surface area contributed by atoms with Crippen LogP contribution in [0.15, 0.2) is 24.3 Å². The maximum atomic E-state index is 11.7. The van der Waals surface area contributed by atoms with Gasteiger partial charge in [-0.1, -0.05) is 18.2 Å². The van der Waals surface area contributed by atoms with E-state index in [2.05, 4.69) is 10.8 Å². The minimum Gasteiger partial charge on any atom is -0.426 e. The molecule has 0 aliphatic rings. The van der Waals surface area contributed by atoms with E-state index in [-0.39, 0.29) is 5.75 Å². The zero-order valence-electron chi connectivity index (χ0n) is 6.97. The van der Waals surface area contributed by atoms with Gasteiger partial charge in [0.15, 0.2) is 0 Å². The van der Waals surface area contributed by atoms with Gasteiger partial charge in [-0.3, -0.25) is 4.79 Å². The summed E-state index contributed by atoms with van der Waals surface area (Å²) in [5.74, 6) is -1.35. The predicted molar refractivity (Wildman–Crippen MR) is 41.6 cm³/mol. The molecule has 0 amide bonds. The molecule has 0 saturated heterocycles. The van der Waals surface area contributed by atoms with Gasteiger partial charge < -0.3 is 4.74 Å². The summed E-state index contributed by atoms with van der Waals surface area (Å²) >= 11 is 0. The quantitative estimate of drug-likeness (QED) is 0.544. The highest BCUT2D eigenvalue weighted by Crippen LogP contribution is 2.20. The van der Waals surface area contributed by atoms with E-state index in [9.17, 15) is 18.0 Å². The van der Waals surface area contributed by atoms with Crippen molar-refractivity contribution in [3.63, 3.8) is 0 Å². The average molecular weight is 203 g/mol. The second-order valence-corrected chi connectivity index (χ2v) is 2.49. The molecule has 1 aromatic carbocycles. The second-order valence-electron chi connectivity index (χ2n) is 2.49. The van der Waals surface area contributed by atoms with E-state index >= 15 is 0 Å². The molecule has 14 heavy (non-hydrogen) atoms. The van der Waals surface area contributed by atoms with Crippen molar-refractivity contribution in [1.82, 2.24) is 0 Å². The lowest BCUT2D eigenvalue weighted by Gasteiger charge is -2.05. The van der Waals surface area contributed by atoms with Gasteiger partial charge in [-0.25, -0.2) is 0 Å². The van der Waals surface area contributed by atoms with Gasteiger partial charge in [-0.05, 0) is 6.07 Å². The van der Waals surface area contributed by atoms with Crippen molar-refractivity contribution in [3.05, 3.63) is 30.3 Å². The Labute approximate surface area is 78.3 Å². The fraction of sp³-hybridized carbons (Fsp3) is 0.222. The standard InChI is InChI=1S/C9H6F3O2/c10-9(11,12)6-8(13)14-7-4-2-1-3-5-7/h1-4H,6H2. The lowest BCUT2D eigenvalue weighted by atomic mass is 10.3. The van der Waals surface area contributed by atoms with Crippen molar-refractivity contribution >= 4 is 5.97 Å². The third kappa shape index (κ3) is 3.93. The molecule has 0 atom stereocenters. The van der Waals surface area contributed by atoms with Crippen LogP contribution in [0.25, 0.3) is 0 Å². The van der Waals surface area contributed by atoms with Crippen LogP contribution in [0.5, 0.6) is 5.75 Å². The van der Waals surface area contributed by atoms with Crippen LogP contribution in [-0.4, -0.2) is 12.1 Å². The number of hydrogen-bond donors (Lipinski definition) is 0. The number of esters is 1. The summed E-state index contributed by atoms with van der Waals surface area (Å²) in [6, 6.07) is 8.42. The highest BCUT2D eigenvalue weighted by atomic mass is 19.4. The summed E-state index contributed by atoms with van der Waals surface area (Å²) in [5.41, 5.74) is 0. The molecule has 0 bridgehead atoms. The highest BCUT2D eigenvalue weighted by Gasteiger charge is 2.32. The smallest absolute Gasteiger partial charge is 0.399 e.